The zero-order chi connectivity index (χ0) is 13.8. The number of carboxylic acids is 1. The lowest BCUT2D eigenvalue weighted by atomic mass is 10.0. The molecule has 0 spiro atoms. The molecule has 98 valence electrons. The summed E-state index contributed by atoms with van der Waals surface area (Å²) in [4.78, 5) is 28.2. The number of carbonyl (C=O) groups excluding carboxylic acids is 1. The molecule has 18 heavy (non-hydrogen) atoms. The topological polar surface area (TPSA) is 70.5 Å². The fourth-order valence-electron chi connectivity index (χ4n) is 1.42. The largest absolute Gasteiger partial charge is 0.480 e. The number of nitrogens with zero attached hydrogens (tertiary/aromatic N) is 2. The number of rotatable bonds is 5. The van der Waals surface area contributed by atoms with Gasteiger partial charge >= 0.3 is 5.97 Å². The van der Waals surface area contributed by atoms with Crippen LogP contribution in [0, 0.1) is 0 Å². The Labute approximate surface area is 106 Å². The molecule has 0 saturated heterocycles. The molecule has 1 N–H and O–H groups in total. The van der Waals surface area contributed by atoms with E-state index in [-0.39, 0.29) is 12.3 Å². The fraction of sp³-hybridized carbons (Fsp3) is 0.462. The molecule has 5 nitrogen and oxygen atoms in total. The van der Waals surface area contributed by atoms with Crippen molar-refractivity contribution in [2.75, 3.05) is 7.05 Å². The number of hydrogen-bond donors (Lipinski definition) is 1. The zero-order valence-electron chi connectivity index (χ0n) is 10.9. The Hall–Kier alpha value is -1.91. The first-order chi connectivity index (χ1) is 8.35. The fourth-order valence-corrected chi connectivity index (χ4v) is 1.42. The van der Waals surface area contributed by atoms with Crippen LogP contribution in [0.1, 0.15) is 25.8 Å². The van der Waals surface area contributed by atoms with E-state index in [0.717, 1.165) is 5.56 Å². The highest BCUT2D eigenvalue weighted by atomic mass is 16.4. The van der Waals surface area contributed by atoms with Crippen LogP contribution in [0.5, 0.6) is 0 Å². The molecule has 0 aliphatic rings. The van der Waals surface area contributed by atoms with Crippen LogP contribution in [0.15, 0.2) is 24.5 Å². The molecule has 0 saturated carbocycles. The highest BCUT2D eigenvalue weighted by molar-refractivity contribution is 5.86. The Bertz CT molecular complexity index is 429. The Kier molecular flexibility index (Phi) is 4.42. The number of aliphatic carboxylic acids is 1. The number of carboxylic acid groups (broad SMARTS) is 1. The SMILES string of the molecule is CN(C(=O)CCc1cccnc1)C(C)(C)C(=O)O. The molecule has 0 radical (unpaired) electrons. The normalized spacial score (nSPS) is 11.1. The second-order valence-corrected chi connectivity index (χ2v) is 4.68. The van der Waals surface area contributed by atoms with Gasteiger partial charge in [-0.15, -0.1) is 0 Å². The summed E-state index contributed by atoms with van der Waals surface area (Å²) in [7, 11) is 1.51. The van der Waals surface area contributed by atoms with Crippen molar-refractivity contribution in [2.24, 2.45) is 0 Å². The first-order valence-corrected chi connectivity index (χ1v) is 5.74. The second-order valence-electron chi connectivity index (χ2n) is 4.68. The van der Waals surface area contributed by atoms with Gasteiger partial charge in [0, 0.05) is 25.9 Å². The molecular formula is C13H18N2O3. The maximum Gasteiger partial charge on any atom is 0.329 e. The van der Waals surface area contributed by atoms with E-state index in [1.165, 1.54) is 25.8 Å². The van der Waals surface area contributed by atoms with E-state index in [0.29, 0.717) is 6.42 Å². The Morgan fingerprint density at radius 3 is 2.61 bits per heavy atom. The lowest BCUT2D eigenvalue weighted by molar-refractivity contribution is -0.155. The van der Waals surface area contributed by atoms with Gasteiger partial charge in [-0.3, -0.25) is 9.78 Å². The predicted octanol–water partition coefficient (Wildman–Crippen LogP) is 1.34. The predicted molar refractivity (Wildman–Crippen MR) is 67.0 cm³/mol. The molecule has 0 aromatic carbocycles. The summed E-state index contributed by atoms with van der Waals surface area (Å²) in [6.45, 7) is 3.02. The van der Waals surface area contributed by atoms with Crippen LogP contribution >= 0.6 is 0 Å². The van der Waals surface area contributed by atoms with Crippen LogP contribution in [-0.2, 0) is 16.0 Å². The van der Waals surface area contributed by atoms with Crippen LogP contribution in [-0.4, -0.2) is 39.5 Å². The van der Waals surface area contributed by atoms with Crippen molar-refractivity contribution < 1.29 is 14.7 Å². The number of pyridine rings is 1. The molecule has 1 rings (SSSR count). The zero-order valence-corrected chi connectivity index (χ0v) is 10.9. The summed E-state index contributed by atoms with van der Waals surface area (Å²) in [5.74, 6) is -1.20. The van der Waals surface area contributed by atoms with Gasteiger partial charge in [0.1, 0.15) is 5.54 Å². The monoisotopic (exact) mass is 250 g/mol. The summed E-state index contributed by atoms with van der Waals surface area (Å²) in [5.41, 5.74) is -0.223. The minimum atomic E-state index is -1.19. The maximum absolute atomic E-state index is 11.9. The van der Waals surface area contributed by atoms with Gasteiger partial charge in [0.2, 0.25) is 5.91 Å². The highest BCUT2D eigenvalue weighted by Gasteiger charge is 2.34. The summed E-state index contributed by atoms with van der Waals surface area (Å²) < 4.78 is 0. The molecule has 1 aromatic rings. The van der Waals surface area contributed by atoms with E-state index in [9.17, 15) is 9.59 Å². The van der Waals surface area contributed by atoms with E-state index < -0.39 is 11.5 Å². The molecule has 0 atom stereocenters. The van der Waals surface area contributed by atoms with E-state index in [1.807, 2.05) is 12.1 Å². The average Bonchev–Trinajstić information content (AvgIpc) is 2.36. The number of hydrogen-bond acceptors (Lipinski definition) is 3. The third kappa shape index (κ3) is 3.29. The van der Waals surface area contributed by atoms with E-state index in [2.05, 4.69) is 4.98 Å². The van der Waals surface area contributed by atoms with Crippen molar-refractivity contribution in [3.8, 4) is 0 Å². The van der Waals surface area contributed by atoms with Crippen molar-refractivity contribution in [3.63, 3.8) is 0 Å². The van der Waals surface area contributed by atoms with Crippen molar-refractivity contribution in [1.29, 1.82) is 0 Å². The van der Waals surface area contributed by atoms with Crippen LogP contribution in [0.3, 0.4) is 0 Å². The summed E-state index contributed by atoms with van der Waals surface area (Å²) in [6, 6.07) is 3.70. The van der Waals surface area contributed by atoms with E-state index in [1.54, 1.807) is 12.4 Å². The number of amides is 1. The summed E-state index contributed by atoms with van der Waals surface area (Å²) >= 11 is 0. The smallest absolute Gasteiger partial charge is 0.329 e. The van der Waals surface area contributed by atoms with Gasteiger partial charge in [-0.2, -0.15) is 0 Å². The van der Waals surface area contributed by atoms with Crippen LogP contribution in [0.4, 0.5) is 0 Å². The standard InChI is InChI=1S/C13H18N2O3/c1-13(2,12(17)18)15(3)11(16)7-6-10-5-4-8-14-9-10/h4-5,8-9H,6-7H2,1-3H3,(H,17,18). The Morgan fingerprint density at radius 1 is 1.44 bits per heavy atom. The lowest BCUT2D eigenvalue weighted by Gasteiger charge is -2.31. The number of carbonyl (C=O) groups is 2. The Balaban J connectivity index is 2.59. The van der Waals surface area contributed by atoms with Crippen LogP contribution < -0.4 is 0 Å². The lowest BCUT2D eigenvalue weighted by Crippen LogP contribution is -2.50. The first-order valence-electron chi connectivity index (χ1n) is 5.74. The minimum absolute atomic E-state index is 0.189. The van der Waals surface area contributed by atoms with Crippen LogP contribution in [0.25, 0.3) is 0 Å². The number of likely N-dealkylation sites (N-methyl/N-ethyl adjacent to an activating group) is 1. The number of aryl methyl sites for hydroxylation is 1. The third-order valence-corrected chi connectivity index (χ3v) is 3.09. The maximum atomic E-state index is 11.9. The van der Waals surface area contributed by atoms with Gasteiger partial charge in [0.25, 0.3) is 0 Å². The number of aromatic nitrogens is 1. The molecule has 0 fully saturated rings. The Morgan fingerprint density at radius 2 is 2.11 bits per heavy atom. The van der Waals surface area contributed by atoms with Gasteiger partial charge in [-0.25, -0.2) is 4.79 Å². The molecule has 0 aliphatic carbocycles. The van der Waals surface area contributed by atoms with Crippen molar-refractivity contribution >= 4 is 11.9 Å². The quantitative estimate of drug-likeness (QED) is 0.856. The molecule has 5 heteroatoms. The van der Waals surface area contributed by atoms with Gasteiger partial charge in [-0.05, 0) is 31.9 Å². The molecule has 1 aromatic heterocycles. The van der Waals surface area contributed by atoms with E-state index in [4.69, 9.17) is 5.11 Å². The van der Waals surface area contributed by atoms with Crippen molar-refractivity contribution in [1.82, 2.24) is 9.88 Å². The molecule has 1 amide bonds. The molecular weight excluding hydrogens is 232 g/mol. The van der Waals surface area contributed by atoms with Gasteiger partial charge in [0.15, 0.2) is 0 Å². The first kappa shape index (κ1) is 14.2. The molecule has 0 bridgehead atoms. The second kappa shape index (κ2) is 5.62. The van der Waals surface area contributed by atoms with Gasteiger partial charge in [-0.1, -0.05) is 6.07 Å². The van der Waals surface area contributed by atoms with E-state index >= 15 is 0 Å². The van der Waals surface area contributed by atoms with Gasteiger partial charge in [0.05, 0.1) is 0 Å². The van der Waals surface area contributed by atoms with Crippen LogP contribution in [0.2, 0.25) is 0 Å². The summed E-state index contributed by atoms with van der Waals surface area (Å²) in [5, 5.41) is 9.04. The van der Waals surface area contributed by atoms with Gasteiger partial charge < -0.3 is 10.0 Å². The molecule has 0 aliphatic heterocycles. The average molecular weight is 250 g/mol. The molecule has 1 heterocycles. The van der Waals surface area contributed by atoms with Crippen molar-refractivity contribution in [2.45, 2.75) is 32.2 Å². The molecule has 0 unspecified atom stereocenters. The summed E-state index contributed by atoms with van der Waals surface area (Å²) in [6.07, 6.45) is 4.21. The highest BCUT2D eigenvalue weighted by Crippen LogP contribution is 2.14. The minimum Gasteiger partial charge on any atom is -0.480 e. The van der Waals surface area contributed by atoms with Crippen molar-refractivity contribution in [3.05, 3.63) is 30.1 Å². The third-order valence-electron chi connectivity index (χ3n) is 3.09.